The molecule has 88 valence electrons. The Morgan fingerprint density at radius 2 is 2.12 bits per heavy atom. The Labute approximate surface area is 100 Å². The van der Waals surface area contributed by atoms with Crippen LogP contribution in [0, 0.1) is 16.7 Å². The highest BCUT2D eigenvalue weighted by molar-refractivity contribution is 5.88. The lowest BCUT2D eigenvalue weighted by Gasteiger charge is -2.09. The first-order valence-corrected chi connectivity index (χ1v) is 5.64. The van der Waals surface area contributed by atoms with Crippen LogP contribution in [0.25, 0.3) is 0 Å². The van der Waals surface area contributed by atoms with Gasteiger partial charge in [0.05, 0.1) is 12.6 Å². The molecule has 1 saturated carbocycles. The van der Waals surface area contributed by atoms with Gasteiger partial charge in [0.15, 0.2) is 0 Å². The SMILES string of the molecule is N#CC1(C(=O)NCCOc2ccccc2)CC1. The number of nitrogens with zero attached hydrogens (tertiary/aromatic N) is 1. The van der Waals surface area contributed by atoms with Crippen LogP contribution in [-0.4, -0.2) is 19.1 Å². The zero-order valence-electron chi connectivity index (χ0n) is 9.48. The third-order valence-corrected chi connectivity index (χ3v) is 2.80. The van der Waals surface area contributed by atoms with Crippen LogP contribution in [0.2, 0.25) is 0 Å². The quantitative estimate of drug-likeness (QED) is 0.779. The van der Waals surface area contributed by atoms with E-state index in [-0.39, 0.29) is 5.91 Å². The fourth-order valence-electron chi connectivity index (χ4n) is 1.53. The van der Waals surface area contributed by atoms with Crippen LogP contribution >= 0.6 is 0 Å². The van der Waals surface area contributed by atoms with E-state index in [0.29, 0.717) is 26.0 Å². The van der Waals surface area contributed by atoms with Crippen LogP contribution in [-0.2, 0) is 4.79 Å². The second kappa shape index (κ2) is 4.88. The first-order valence-electron chi connectivity index (χ1n) is 5.64. The van der Waals surface area contributed by atoms with Gasteiger partial charge < -0.3 is 10.1 Å². The van der Waals surface area contributed by atoms with Gasteiger partial charge in [-0.05, 0) is 25.0 Å². The van der Waals surface area contributed by atoms with E-state index in [0.717, 1.165) is 5.75 Å². The monoisotopic (exact) mass is 230 g/mol. The maximum Gasteiger partial charge on any atom is 0.240 e. The Hall–Kier alpha value is -2.02. The van der Waals surface area contributed by atoms with Gasteiger partial charge in [0.25, 0.3) is 0 Å². The average molecular weight is 230 g/mol. The van der Waals surface area contributed by atoms with E-state index in [4.69, 9.17) is 10.00 Å². The van der Waals surface area contributed by atoms with E-state index in [9.17, 15) is 4.79 Å². The number of ether oxygens (including phenoxy) is 1. The van der Waals surface area contributed by atoms with Crippen LogP contribution in [0.3, 0.4) is 0 Å². The third kappa shape index (κ3) is 2.76. The van der Waals surface area contributed by atoms with Gasteiger partial charge in [-0.1, -0.05) is 18.2 Å². The lowest BCUT2D eigenvalue weighted by Crippen LogP contribution is -2.34. The largest absolute Gasteiger partial charge is 0.492 e. The van der Waals surface area contributed by atoms with Gasteiger partial charge in [-0.25, -0.2) is 0 Å². The third-order valence-electron chi connectivity index (χ3n) is 2.80. The number of carbonyl (C=O) groups is 1. The summed E-state index contributed by atoms with van der Waals surface area (Å²) >= 11 is 0. The topological polar surface area (TPSA) is 62.1 Å². The Morgan fingerprint density at radius 1 is 1.41 bits per heavy atom. The molecule has 0 saturated heterocycles. The highest BCUT2D eigenvalue weighted by atomic mass is 16.5. The number of nitriles is 1. The molecule has 0 heterocycles. The zero-order valence-corrected chi connectivity index (χ0v) is 9.48. The molecule has 1 amide bonds. The lowest BCUT2D eigenvalue weighted by atomic mass is 10.1. The Balaban J connectivity index is 1.68. The normalized spacial score (nSPS) is 15.7. The second-order valence-corrected chi connectivity index (χ2v) is 4.11. The lowest BCUT2D eigenvalue weighted by molar-refractivity contribution is -0.124. The second-order valence-electron chi connectivity index (χ2n) is 4.11. The highest BCUT2D eigenvalue weighted by Gasteiger charge is 2.50. The van der Waals surface area contributed by atoms with Crippen molar-refractivity contribution in [2.75, 3.05) is 13.2 Å². The van der Waals surface area contributed by atoms with E-state index in [1.807, 2.05) is 30.3 Å². The summed E-state index contributed by atoms with van der Waals surface area (Å²) in [6.45, 7) is 0.842. The molecule has 1 aliphatic carbocycles. The van der Waals surface area contributed by atoms with Crippen molar-refractivity contribution in [3.8, 4) is 11.8 Å². The zero-order chi connectivity index (χ0) is 12.1. The van der Waals surface area contributed by atoms with Gasteiger partial charge in [-0.15, -0.1) is 0 Å². The van der Waals surface area contributed by atoms with Crippen LogP contribution in [0.4, 0.5) is 0 Å². The summed E-state index contributed by atoms with van der Waals surface area (Å²) in [5, 5.41) is 11.5. The van der Waals surface area contributed by atoms with Gasteiger partial charge in [0.1, 0.15) is 17.8 Å². The fourth-order valence-corrected chi connectivity index (χ4v) is 1.53. The molecule has 17 heavy (non-hydrogen) atoms. The first-order chi connectivity index (χ1) is 8.27. The minimum Gasteiger partial charge on any atom is -0.492 e. The first kappa shape index (κ1) is 11.5. The minimum absolute atomic E-state index is 0.170. The van der Waals surface area contributed by atoms with E-state index in [1.54, 1.807) is 0 Å². The summed E-state index contributed by atoms with van der Waals surface area (Å²) in [5.74, 6) is 0.611. The van der Waals surface area contributed by atoms with Crippen molar-refractivity contribution in [3.05, 3.63) is 30.3 Å². The predicted octanol–water partition coefficient (Wildman–Crippen LogP) is 1.49. The van der Waals surface area contributed by atoms with E-state index < -0.39 is 5.41 Å². The molecule has 0 spiro atoms. The molecule has 4 nitrogen and oxygen atoms in total. The summed E-state index contributed by atoms with van der Waals surface area (Å²) in [6, 6.07) is 11.5. The minimum atomic E-state index is -0.743. The van der Waals surface area contributed by atoms with Gasteiger partial charge in [0.2, 0.25) is 5.91 Å². The van der Waals surface area contributed by atoms with Crippen molar-refractivity contribution >= 4 is 5.91 Å². The van der Waals surface area contributed by atoms with Crippen molar-refractivity contribution < 1.29 is 9.53 Å². The molecule has 0 atom stereocenters. The molecule has 1 aliphatic rings. The smallest absolute Gasteiger partial charge is 0.240 e. The van der Waals surface area contributed by atoms with Gasteiger partial charge in [-0.3, -0.25) is 4.79 Å². The van der Waals surface area contributed by atoms with Crippen molar-refractivity contribution in [2.45, 2.75) is 12.8 Å². The Morgan fingerprint density at radius 3 is 2.71 bits per heavy atom. The number of amides is 1. The molecule has 1 fully saturated rings. The average Bonchev–Trinajstić information content (AvgIpc) is 3.17. The summed E-state index contributed by atoms with van der Waals surface area (Å²) in [5.41, 5.74) is -0.743. The van der Waals surface area contributed by atoms with E-state index in [1.165, 1.54) is 0 Å². The molecule has 1 N–H and O–H groups in total. The molecule has 1 aromatic carbocycles. The molecular weight excluding hydrogens is 216 g/mol. The van der Waals surface area contributed by atoms with Gasteiger partial charge in [-0.2, -0.15) is 5.26 Å². The molecule has 4 heteroatoms. The number of benzene rings is 1. The van der Waals surface area contributed by atoms with Gasteiger partial charge in [0, 0.05) is 0 Å². The number of nitrogens with one attached hydrogen (secondary N) is 1. The molecule has 0 aromatic heterocycles. The number of carbonyl (C=O) groups excluding carboxylic acids is 1. The summed E-state index contributed by atoms with van der Waals surface area (Å²) in [7, 11) is 0. The maximum atomic E-state index is 11.6. The van der Waals surface area contributed by atoms with Crippen LogP contribution in [0.15, 0.2) is 30.3 Å². The fraction of sp³-hybridized carbons (Fsp3) is 0.385. The highest BCUT2D eigenvalue weighted by Crippen LogP contribution is 2.44. The molecule has 0 aliphatic heterocycles. The molecular formula is C13H14N2O2. The van der Waals surface area contributed by atoms with Crippen LogP contribution < -0.4 is 10.1 Å². The summed E-state index contributed by atoms with van der Waals surface area (Å²) < 4.78 is 5.43. The molecule has 2 rings (SSSR count). The number of hydrogen-bond donors (Lipinski definition) is 1. The van der Waals surface area contributed by atoms with E-state index >= 15 is 0 Å². The molecule has 0 radical (unpaired) electrons. The molecule has 0 bridgehead atoms. The van der Waals surface area contributed by atoms with Crippen LogP contribution in [0.1, 0.15) is 12.8 Å². The molecule has 0 unspecified atom stereocenters. The number of hydrogen-bond acceptors (Lipinski definition) is 3. The van der Waals surface area contributed by atoms with Gasteiger partial charge >= 0.3 is 0 Å². The number of para-hydroxylation sites is 1. The van der Waals surface area contributed by atoms with E-state index in [2.05, 4.69) is 11.4 Å². The Kier molecular flexibility index (Phi) is 3.29. The number of rotatable bonds is 5. The van der Waals surface area contributed by atoms with Crippen molar-refractivity contribution in [2.24, 2.45) is 5.41 Å². The van der Waals surface area contributed by atoms with Crippen LogP contribution in [0.5, 0.6) is 5.75 Å². The summed E-state index contributed by atoms with van der Waals surface area (Å²) in [4.78, 5) is 11.6. The Bertz CT molecular complexity index is 432. The predicted molar refractivity (Wildman–Crippen MR) is 62.2 cm³/mol. The summed E-state index contributed by atoms with van der Waals surface area (Å²) in [6.07, 6.45) is 1.35. The van der Waals surface area contributed by atoms with Crippen molar-refractivity contribution in [1.82, 2.24) is 5.32 Å². The standard InChI is InChI=1S/C13H14N2O2/c14-10-13(6-7-13)12(16)15-8-9-17-11-4-2-1-3-5-11/h1-5H,6-9H2,(H,15,16). The maximum absolute atomic E-state index is 11.6. The molecule has 1 aromatic rings. The van der Waals surface area contributed by atoms with Crippen molar-refractivity contribution in [1.29, 1.82) is 5.26 Å². The van der Waals surface area contributed by atoms with Crippen molar-refractivity contribution in [3.63, 3.8) is 0 Å².